The van der Waals surface area contributed by atoms with Crippen molar-refractivity contribution in [2.24, 2.45) is 0 Å². The van der Waals surface area contributed by atoms with E-state index in [4.69, 9.17) is 9.47 Å². The molecule has 0 spiro atoms. The van der Waals surface area contributed by atoms with Gasteiger partial charge in [-0.25, -0.2) is 4.79 Å². The number of rotatable bonds is 6. The summed E-state index contributed by atoms with van der Waals surface area (Å²) < 4.78 is 10.4. The largest absolute Gasteiger partial charge is 0.426 e. The summed E-state index contributed by atoms with van der Waals surface area (Å²) in [4.78, 5) is 38.1. The van der Waals surface area contributed by atoms with E-state index >= 15 is 0 Å². The minimum atomic E-state index is -0.906. The summed E-state index contributed by atoms with van der Waals surface area (Å²) in [5, 5.41) is 9.33. The minimum Gasteiger partial charge on any atom is -0.426 e. The third-order valence-corrected chi connectivity index (χ3v) is 3.12. The molecule has 0 aromatic heterocycles. The van der Waals surface area contributed by atoms with E-state index in [-0.39, 0.29) is 23.7 Å². The number of esters is 2. The second kappa shape index (κ2) is 7.91. The van der Waals surface area contributed by atoms with Crippen LogP contribution in [-0.2, 0) is 16.2 Å². The van der Waals surface area contributed by atoms with Crippen molar-refractivity contribution in [2.45, 2.75) is 20.5 Å². The molecule has 0 saturated heterocycles. The lowest BCUT2D eigenvalue weighted by Gasteiger charge is -2.11. The number of benzene rings is 2. The smallest absolute Gasteiger partial charge is 0.347 e. The first kappa shape index (κ1) is 17.9. The number of ether oxygens (including phenoxy) is 2. The van der Waals surface area contributed by atoms with Crippen LogP contribution in [0.5, 0.6) is 11.5 Å². The number of hydrogen-bond donors (Lipinski definition) is 0. The molecule has 0 saturated carbocycles. The van der Waals surface area contributed by atoms with Gasteiger partial charge in [-0.2, -0.15) is 0 Å². The van der Waals surface area contributed by atoms with Crippen molar-refractivity contribution in [1.29, 1.82) is 0 Å². The quantitative estimate of drug-likeness (QED) is 0.343. The average molecular weight is 345 g/mol. The number of hydrogen-bond acceptors (Lipinski definition) is 7. The van der Waals surface area contributed by atoms with Crippen LogP contribution in [0.25, 0.3) is 0 Å². The molecule has 2 aromatic rings. The predicted molar refractivity (Wildman–Crippen MR) is 85.7 cm³/mol. The van der Waals surface area contributed by atoms with Crippen LogP contribution in [0.2, 0.25) is 0 Å². The third kappa shape index (κ3) is 5.03. The highest BCUT2D eigenvalue weighted by Gasteiger charge is 2.18. The van der Waals surface area contributed by atoms with Gasteiger partial charge in [0, 0.05) is 6.92 Å². The van der Waals surface area contributed by atoms with Crippen LogP contribution in [0.3, 0.4) is 0 Å². The number of nitrogens with zero attached hydrogens (tertiary/aromatic N) is 1. The van der Waals surface area contributed by atoms with E-state index in [0.717, 1.165) is 0 Å². The number of carbonyl (C=O) groups excluding carboxylic acids is 2. The molecular formula is C17H15NO7. The molecule has 0 N–H and O–H groups in total. The molecule has 25 heavy (non-hydrogen) atoms. The lowest BCUT2D eigenvalue weighted by atomic mass is 10.1. The Balaban J connectivity index is 2.20. The van der Waals surface area contributed by atoms with Crippen LogP contribution in [0.15, 0.2) is 42.5 Å². The van der Waals surface area contributed by atoms with Gasteiger partial charge in [0.2, 0.25) is 0 Å². The molecule has 0 aliphatic heterocycles. The van der Waals surface area contributed by atoms with Gasteiger partial charge in [0.05, 0.1) is 0 Å². The first-order valence-electron chi connectivity index (χ1n) is 7.23. The highest BCUT2D eigenvalue weighted by Crippen LogP contribution is 2.25. The lowest BCUT2D eigenvalue weighted by molar-refractivity contribution is -0.763. The highest BCUT2D eigenvalue weighted by atomic mass is 16.9. The van der Waals surface area contributed by atoms with E-state index in [1.54, 1.807) is 31.2 Å². The topological polar surface area (TPSA) is 105 Å². The maximum absolute atomic E-state index is 12.4. The number of aryl methyl sites for hydroxylation is 1. The molecule has 0 heterocycles. The Morgan fingerprint density at radius 3 is 2.52 bits per heavy atom. The maximum Gasteiger partial charge on any atom is 0.347 e. The Bertz CT molecular complexity index is 816. The first-order valence-corrected chi connectivity index (χ1v) is 7.23. The standard InChI is InChI=1S/C17H15NO7/c1-11-5-3-8-15(16(11)24-12(2)19)17(20)25-14-7-4-6-13(9-14)10-23-18(21)22/h3-9H,10H2,1-2H3. The third-order valence-electron chi connectivity index (χ3n) is 3.12. The molecule has 0 amide bonds. The molecule has 0 unspecified atom stereocenters. The van der Waals surface area contributed by atoms with Crippen LogP contribution < -0.4 is 9.47 Å². The van der Waals surface area contributed by atoms with Gasteiger partial charge in [0.25, 0.3) is 5.09 Å². The van der Waals surface area contributed by atoms with Crippen LogP contribution in [0.4, 0.5) is 0 Å². The average Bonchev–Trinajstić information content (AvgIpc) is 2.54. The first-order chi connectivity index (χ1) is 11.9. The van der Waals surface area contributed by atoms with Gasteiger partial charge >= 0.3 is 11.9 Å². The molecule has 0 radical (unpaired) electrons. The fourth-order valence-electron chi connectivity index (χ4n) is 2.08. The highest BCUT2D eigenvalue weighted by molar-refractivity contribution is 5.95. The SMILES string of the molecule is CC(=O)Oc1c(C)cccc1C(=O)Oc1cccc(CO[N+](=O)[O-])c1. The zero-order valence-corrected chi connectivity index (χ0v) is 13.6. The molecule has 8 nitrogen and oxygen atoms in total. The molecular weight excluding hydrogens is 330 g/mol. The minimum absolute atomic E-state index is 0.0992. The van der Waals surface area contributed by atoms with Crippen molar-refractivity contribution < 1.29 is 29.0 Å². The van der Waals surface area contributed by atoms with E-state index < -0.39 is 17.0 Å². The molecule has 0 aliphatic carbocycles. The van der Waals surface area contributed by atoms with Gasteiger partial charge in [0.1, 0.15) is 23.7 Å². The molecule has 0 fully saturated rings. The van der Waals surface area contributed by atoms with E-state index in [2.05, 4.69) is 4.84 Å². The van der Waals surface area contributed by atoms with E-state index in [0.29, 0.717) is 11.1 Å². The Morgan fingerprint density at radius 1 is 1.12 bits per heavy atom. The normalized spacial score (nSPS) is 10.0. The van der Waals surface area contributed by atoms with Crippen LogP contribution >= 0.6 is 0 Å². The van der Waals surface area contributed by atoms with Gasteiger partial charge in [-0.3, -0.25) is 4.79 Å². The molecule has 0 aliphatic rings. The molecule has 0 atom stereocenters. The summed E-state index contributed by atoms with van der Waals surface area (Å²) in [6.45, 7) is 2.67. The van der Waals surface area contributed by atoms with Gasteiger partial charge in [-0.05, 0) is 36.2 Å². The molecule has 8 heteroatoms. The van der Waals surface area contributed by atoms with Gasteiger partial charge < -0.3 is 14.3 Å². The van der Waals surface area contributed by atoms with Gasteiger partial charge in [-0.1, -0.05) is 24.3 Å². The second-order valence-electron chi connectivity index (χ2n) is 5.08. The maximum atomic E-state index is 12.4. The Labute approximate surface area is 143 Å². The van der Waals surface area contributed by atoms with Crippen LogP contribution in [0, 0.1) is 17.0 Å². The predicted octanol–water partition coefficient (Wildman–Crippen LogP) is 2.85. The zero-order valence-electron chi connectivity index (χ0n) is 13.6. The molecule has 0 bridgehead atoms. The summed E-state index contributed by atoms with van der Waals surface area (Å²) in [6, 6.07) is 11.0. The summed E-state index contributed by atoms with van der Waals surface area (Å²) >= 11 is 0. The second-order valence-corrected chi connectivity index (χ2v) is 5.08. The van der Waals surface area contributed by atoms with E-state index in [1.165, 1.54) is 25.1 Å². The Hall–Kier alpha value is -3.42. The molecule has 2 rings (SSSR count). The Morgan fingerprint density at radius 2 is 1.84 bits per heavy atom. The van der Waals surface area contributed by atoms with E-state index in [9.17, 15) is 19.7 Å². The monoisotopic (exact) mass is 345 g/mol. The number of carbonyl (C=O) groups is 2. The summed E-state index contributed by atoms with van der Waals surface area (Å²) in [6.07, 6.45) is 0. The summed E-state index contributed by atoms with van der Waals surface area (Å²) in [5.74, 6) is -0.952. The lowest BCUT2D eigenvalue weighted by Crippen LogP contribution is -2.13. The van der Waals surface area contributed by atoms with Crippen molar-refractivity contribution in [3.05, 3.63) is 69.3 Å². The molecule has 130 valence electrons. The van der Waals surface area contributed by atoms with Crippen molar-refractivity contribution in [1.82, 2.24) is 0 Å². The fourth-order valence-corrected chi connectivity index (χ4v) is 2.08. The van der Waals surface area contributed by atoms with Crippen LogP contribution in [0.1, 0.15) is 28.4 Å². The fraction of sp³-hybridized carbons (Fsp3) is 0.176. The summed E-state index contributed by atoms with van der Waals surface area (Å²) in [5.41, 5.74) is 1.17. The van der Waals surface area contributed by atoms with Crippen LogP contribution in [-0.4, -0.2) is 17.0 Å². The number of para-hydroxylation sites is 1. The van der Waals surface area contributed by atoms with Crippen molar-refractivity contribution in [3.8, 4) is 11.5 Å². The van der Waals surface area contributed by atoms with Gasteiger partial charge in [0.15, 0.2) is 0 Å². The van der Waals surface area contributed by atoms with Gasteiger partial charge in [-0.15, -0.1) is 10.1 Å². The summed E-state index contributed by atoms with van der Waals surface area (Å²) in [7, 11) is 0. The van der Waals surface area contributed by atoms with Crippen molar-refractivity contribution >= 4 is 11.9 Å². The zero-order chi connectivity index (χ0) is 18.4. The van der Waals surface area contributed by atoms with Crippen molar-refractivity contribution in [2.75, 3.05) is 0 Å². The van der Waals surface area contributed by atoms with Crippen molar-refractivity contribution in [3.63, 3.8) is 0 Å². The molecule has 2 aromatic carbocycles. The van der Waals surface area contributed by atoms with E-state index in [1.807, 2.05) is 0 Å². The Kier molecular flexibility index (Phi) is 5.67.